The van der Waals surface area contributed by atoms with Crippen molar-refractivity contribution >= 4 is 40.7 Å². The number of carbonyl (C=O) groups excluding carboxylic acids is 5. The van der Waals surface area contributed by atoms with Gasteiger partial charge in [0.2, 0.25) is 11.8 Å². The van der Waals surface area contributed by atoms with E-state index >= 15 is 0 Å². The number of ether oxygens (including phenoxy) is 4. The quantitative estimate of drug-likeness (QED) is 0.110. The number of alkyl carbamates (subject to hydrolysis) is 1. The maximum absolute atomic E-state index is 14.1. The van der Waals surface area contributed by atoms with Gasteiger partial charge in [0, 0.05) is 29.9 Å². The number of nitrogens with one attached hydrogen (secondary N) is 2. The number of nitrogens with zero attached hydrogens (tertiary/aromatic N) is 2. The number of hydrogen-bond donors (Lipinski definition) is 2. The number of aromatic carboxylic acids is 1. The van der Waals surface area contributed by atoms with Crippen LogP contribution in [0.3, 0.4) is 0 Å². The molecule has 15 heteroatoms. The van der Waals surface area contributed by atoms with E-state index in [4.69, 9.17) is 18.9 Å². The van der Waals surface area contributed by atoms with Gasteiger partial charge in [0.05, 0.1) is 37.9 Å². The molecule has 2 aromatic rings. The van der Waals surface area contributed by atoms with Crippen LogP contribution in [-0.2, 0) is 23.9 Å². The molecule has 1 aromatic heterocycles. The third kappa shape index (κ3) is 9.56. The molecule has 1 aromatic carbocycles. The van der Waals surface area contributed by atoms with Crippen molar-refractivity contribution in [2.24, 2.45) is 5.92 Å². The largest absolute Gasteiger partial charge is 1.00 e. The van der Waals surface area contributed by atoms with Crippen LogP contribution in [-0.4, -0.2) is 90.3 Å². The number of carbonyl (C=O) groups is 5. The second kappa shape index (κ2) is 18.2. The molecule has 14 nitrogen and oxygen atoms in total. The number of aromatic nitrogens is 1. The maximum atomic E-state index is 14.1. The summed E-state index contributed by atoms with van der Waals surface area (Å²) in [6.07, 6.45) is 10.1. The van der Waals surface area contributed by atoms with Crippen molar-refractivity contribution in [3.63, 3.8) is 0 Å². The van der Waals surface area contributed by atoms with Crippen molar-refractivity contribution in [2.75, 3.05) is 20.8 Å². The van der Waals surface area contributed by atoms with Crippen molar-refractivity contribution in [2.45, 2.75) is 108 Å². The van der Waals surface area contributed by atoms with Crippen molar-refractivity contribution in [3.8, 4) is 11.5 Å². The summed E-state index contributed by atoms with van der Waals surface area (Å²) in [4.78, 5) is 71.0. The van der Waals surface area contributed by atoms with Crippen LogP contribution < -0.4 is 54.8 Å². The third-order valence-electron chi connectivity index (χ3n) is 9.86. The minimum Gasteiger partial charge on any atom is -0.543 e. The minimum atomic E-state index is -1.51. The summed E-state index contributed by atoms with van der Waals surface area (Å²) in [7, 11) is 2.73. The molecule has 2 N–H and O–H groups in total. The van der Waals surface area contributed by atoms with Gasteiger partial charge < -0.3 is 44.4 Å². The number of esters is 1. The Balaban J connectivity index is 0.00000605. The van der Waals surface area contributed by atoms with E-state index < -0.39 is 53.6 Å². The number of hydrogen-bond acceptors (Lipinski definition) is 11. The average Bonchev–Trinajstić information content (AvgIpc) is 3.39. The summed E-state index contributed by atoms with van der Waals surface area (Å²) in [5.74, 6) is -2.90. The zero-order valence-corrected chi connectivity index (χ0v) is 32.6. The summed E-state index contributed by atoms with van der Waals surface area (Å²) in [5, 5.41) is 17.8. The molecule has 0 spiro atoms. The number of rotatable bonds is 15. The van der Waals surface area contributed by atoms with Gasteiger partial charge in [-0.1, -0.05) is 31.9 Å². The van der Waals surface area contributed by atoms with E-state index in [0.717, 1.165) is 51.4 Å². The van der Waals surface area contributed by atoms with Gasteiger partial charge in [0.25, 0.3) is 0 Å². The first-order valence-corrected chi connectivity index (χ1v) is 17.7. The fraction of sp³-hybridized carbons (Fsp3) is 0.568. The van der Waals surface area contributed by atoms with Crippen LogP contribution >= 0.6 is 0 Å². The van der Waals surface area contributed by atoms with E-state index in [9.17, 15) is 29.1 Å². The number of amides is 3. The summed E-state index contributed by atoms with van der Waals surface area (Å²) in [5.41, 5.74) is -1.36. The van der Waals surface area contributed by atoms with Crippen LogP contribution in [0, 0.1) is 5.92 Å². The summed E-state index contributed by atoms with van der Waals surface area (Å²) in [6.45, 7) is 3.55. The topological polar surface area (TPSA) is 186 Å². The molecular weight excluding hydrogens is 683 g/mol. The second-order valence-electron chi connectivity index (χ2n) is 13.5. The second-order valence-corrected chi connectivity index (χ2v) is 13.5. The van der Waals surface area contributed by atoms with E-state index in [2.05, 4.69) is 22.5 Å². The van der Waals surface area contributed by atoms with Gasteiger partial charge in [-0.25, -0.2) is 14.6 Å². The van der Waals surface area contributed by atoms with E-state index in [-0.39, 0.29) is 71.5 Å². The first-order valence-electron chi connectivity index (χ1n) is 17.7. The molecule has 52 heavy (non-hydrogen) atoms. The van der Waals surface area contributed by atoms with Crippen LogP contribution in [0.2, 0.25) is 0 Å². The molecule has 0 bridgehead atoms. The fourth-order valence-electron chi connectivity index (χ4n) is 6.95. The van der Waals surface area contributed by atoms with Gasteiger partial charge >= 0.3 is 41.6 Å². The predicted octanol–water partition coefficient (Wildman–Crippen LogP) is 0.201. The molecule has 5 atom stereocenters. The van der Waals surface area contributed by atoms with Gasteiger partial charge in [-0.3, -0.25) is 9.59 Å². The summed E-state index contributed by atoms with van der Waals surface area (Å²) < 4.78 is 22.2. The Labute approximate surface area is 325 Å². The zero-order chi connectivity index (χ0) is 36.7. The Bertz CT molecular complexity index is 1660. The van der Waals surface area contributed by atoms with Crippen LogP contribution in [0.5, 0.6) is 11.5 Å². The number of pyridine rings is 1. The number of unbranched alkanes of at least 4 members (excludes halogenated alkanes) is 3. The normalized spacial score (nSPS) is 23.1. The molecule has 3 aliphatic rings. The van der Waals surface area contributed by atoms with Crippen LogP contribution in [0.15, 0.2) is 36.4 Å². The molecule has 276 valence electrons. The van der Waals surface area contributed by atoms with E-state index in [1.165, 1.54) is 32.1 Å². The molecule has 1 unspecified atom stereocenters. The third-order valence-corrected chi connectivity index (χ3v) is 9.86. The number of allylic oxidation sites excluding steroid dienone is 1. The molecular formula is C37H47N4NaO10. The molecule has 3 fully saturated rings. The van der Waals surface area contributed by atoms with Crippen LogP contribution in [0.4, 0.5) is 4.79 Å². The molecule has 5 rings (SSSR count). The summed E-state index contributed by atoms with van der Waals surface area (Å²) in [6, 6.07) is 3.99. The first-order chi connectivity index (χ1) is 24.5. The monoisotopic (exact) mass is 730 g/mol. The Morgan fingerprint density at radius 3 is 2.52 bits per heavy atom. The Morgan fingerprint density at radius 2 is 1.85 bits per heavy atom. The predicted molar refractivity (Wildman–Crippen MR) is 183 cm³/mol. The molecule has 2 saturated carbocycles. The van der Waals surface area contributed by atoms with E-state index in [1.807, 2.05) is 12.2 Å². The van der Waals surface area contributed by atoms with Crippen molar-refractivity contribution in [3.05, 3.63) is 42.1 Å². The average molecular weight is 731 g/mol. The number of likely N-dealkylation sites (tertiary alicyclic amines) is 1. The summed E-state index contributed by atoms with van der Waals surface area (Å²) >= 11 is 0. The molecule has 2 aliphatic carbocycles. The Morgan fingerprint density at radius 1 is 1.10 bits per heavy atom. The van der Waals surface area contributed by atoms with Gasteiger partial charge in [-0.05, 0) is 64.0 Å². The number of methoxy groups -OCH3 is 2. The van der Waals surface area contributed by atoms with Crippen molar-refractivity contribution in [1.82, 2.24) is 20.5 Å². The molecule has 1 saturated heterocycles. The SMILES string of the molecule is CCCCC/C=C\C1C[C@]1(NC(=O)[C@@H]1C[C@@H](Oc2cc(C(=O)[O-])nc3cc(OC)ccc23)CN1C(=O)[C@H](C)NC(=O)OC1CCCC1)C(=O)OC.[Na+]. The first kappa shape index (κ1) is 40.9. The standard InChI is InChI=1S/C37H48N4O10.Na/c1-5-6-7-8-9-12-23-20-37(23,35(46)49-4)40-32(42)30-18-26(21-41(30)33(43)22(2)38-36(47)51-24-13-10-11-14-24)50-31-19-29(34(44)45)39-28-17-25(48-3)15-16-27(28)31;/h9,12,15-17,19,22-24,26,30H,5-8,10-11,13-14,18,20-21H2,1-4H3,(H,38,47)(H,40,42)(H,44,45);/q;+1/p-1/b12-9-;/t22-,23?,26+,30-,37+;/m0./s1. The minimum absolute atomic E-state index is 0. The van der Waals surface area contributed by atoms with Crippen molar-refractivity contribution in [1.29, 1.82) is 0 Å². The molecule has 3 amide bonds. The maximum Gasteiger partial charge on any atom is 1.00 e. The number of fused-ring (bicyclic) bond motifs is 1. The van der Waals surface area contributed by atoms with Crippen LogP contribution in [0.1, 0.15) is 88.5 Å². The Hall–Kier alpha value is -3.88. The van der Waals surface area contributed by atoms with Crippen molar-refractivity contribution < 1.29 is 77.6 Å². The molecule has 2 heterocycles. The number of carboxylic acid groups (broad SMARTS) is 1. The van der Waals surface area contributed by atoms with Gasteiger partial charge in [0.1, 0.15) is 41.3 Å². The fourth-order valence-corrected chi connectivity index (χ4v) is 6.95. The number of benzene rings is 1. The Kier molecular flexibility index (Phi) is 14.3. The zero-order valence-electron chi connectivity index (χ0n) is 30.6. The van der Waals surface area contributed by atoms with Crippen LogP contribution in [0.25, 0.3) is 10.9 Å². The molecule has 1 aliphatic heterocycles. The molecule has 0 radical (unpaired) electrons. The van der Waals surface area contributed by atoms with E-state index in [0.29, 0.717) is 17.6 Å². The van der Waals surface area contributed by atoms with Gasteiger partial charge in [0.15, 0.2) is 0 Å². The van der Waals surface area contributed by atoms with E-state index in [1.54, 1.807) is 18.2 Å². The smallest absolute Gasteiger partial charge is 0.543 e. The number of carboxylic acids is 1. The van der Waals surface area contributed by atoms with Gasteiger partial charge in [-0.2, -0.15) is 0 Å². The van der Waals surface area contributed by atoms with Gasteiger partial charge in [-0.15, -0.1) is 0 Å².